The van der Waals surface area contributed by atoms with Gasteiger partial charge in [0.25, 0.3) is 0 Å². The number of hydrogen-bond acceptors (Lipinski definition) is 5. The van der Waals surface area contributed by atoms with Gasteiger partial charge in [-0.3, -0.25) is 19.3 Å². The lowest BCUT2D eigenvalue weighted by Gasteiger charge is -2.24. The fraction of sp³-hybridized carbons (Fsp3) is 0.174. The van der Waals surface area contributed by atoms with Crippen LogP contribution in [0.4, 0.5) is 5.69 Å². The molecule has 1 N–H and O–H groups in total. The van der Waals surface area contributed by atoms with E-state index < -0.39 is 0 Å². The van der Waals surface area contributed by atoms with E-state index in [9.17, 15) is 14.4 Å². The van der Waals surface area contributed by atoms with Gasteiger partial charge in [0.2, 0.25) is 5.91 Å². The average molecular weight is 404 g/mol. The van der Waals surface area contributed by atoms with Crippen LogP contribution in [0.3, 0.4) is 0 Å². The Morgan fingerprint density at radius 3 is 2.28 bits per heavy atom. The first-order valence-electron chi connectivity index (χ1n) is 9.31. The van der Waals surface area contributed by atoms with Gasteiger partial charge < -0.3 is 5.32 Å². The minimum Gasteiger partial charge on any atom is -0.325 e. The van der Waals surface area contributed by atoms with E-state index in [0.717, 1.165) is 0 Å². The number of hydrogen-bond donors (Lipinski definition) is 1. The van der Waals surface area contributed by atoms with Crippen molar-refractivity contribution in [1.29, 1.82) is 0 Å². The number of nitrogens with one attached hydrogen (secondary N) is 1. The lowest BCUT2D eigenvalue weighted by Crippen LogP contribution is -2.39. The fourth-order valence-electron chi connectivity index (χ4n) is 3.41. The van der Waals surface area contributed by atoms with E-state index in [1.54, 1.807) is 53.8 Å². The minimum atomic E-state index is -0.355. The Labute approximate surface area is 173 Å². The minimum absolute atomic E-state index is 0.168. The Hall–Kier alpha value is -3.09. The van der Waals surface area contributed by atoms with Crippen molar-refractivity contribution in [2.45, 2.75) is 19.5 Å². The van der Waals surface area contributed by atoms with Crippen LogP contribution in [-0.2, 0) is 11.3 Å². The maximum Gasteiger partial charge on any atom is 0.241 e. The van der Waals surface area contributed by atoms with Crippen molar-refractivity contribution in [2.24, 2.45) is 0 Å². The summed E-state index contributed by atoms with van der Waals surface area (Å²) in [4.78, 5) is 41.4. The normalized spacial score (nSPS) is 13.8. The number of ketones is 2. The van der Waals surface area contributed by atoms with Crippen molar-refractivity contribution >= 4 is 34.5 Å². The molecule has 1 aliphatic carbocycles. The molecule has 3 aromatic rings. The van der Waals surface area contributed by atoms with E-state index in [1.807, 2.05) is 36.4 Å². The number of thiophene rings is 1. The smallest absolute Gasteiger partial charge is 0.241 e. The lowest BCUT2D eigenvalue weighted by atomic mass is 9.84. The number of anilines is 1. The van der Waals surface area contributed by atoms with Gasteiger partial charge in [-0.25, -0.2) is 0 Å². The Bertz CT molecular complexity index is 1110. The Balaban J connectivity index is 1.52. The predicted octanol–water partition coefficient (Wildman–Crippen LogP) is 3.98. The highest BCUT2D eigenvalue weighted by Gasteiger charge is 2.29. The van der Waals surface area contributed by atoms with E-state index in [4.69, 9.17) is 0 Å². The standard InChI is InChI=1S/C23H20N2O3S/c1-14(25(2)13-16-6-5-11-29-16)23(28)24-15-9-10-19-20(12-15)22(27)18-8-4-3-7-17(18)21(19)26/h3-12,14H,13H2,1-2H3,(H,24,28)/t14-/m1/s1. The van der Waals surface area contributed by atoms with Crippen molar-refractivity contribution < 1.29 is 14.4 Å². The first-order valence-corrected chi connectivity index (χ1v) is 10.2. The Morgan fingerprint density at radius 2 is 1.62 bits per heavy atom. The van der Waals surface area contributed by atoms with E-state index in [1.165, 1.54) is 4.88 Å². The average Bonchev–Trinajstić information content (AvgIpc) is 3.24. The topological polar surface area (TPSA) is 66.5 Å². The first-order chi connectivity index (χ1) is 14.0. The molecule has 0 unspecified atom stereocenters. The molecule has 1 aliphatic rings. The number of carbonyl (C=O) groups excluding carboxylic acids is 3. The molecule has 0 saturated carbocycles. The summed E-state index contributed by atoms with van der Waals surface area (Å²) in [6.45, 7) is 2.52. The molecule has 0 bridgehead atoms. The third-order valence-electron chi connectivity index (χ3n) is 5.22. The first kappa shape index (κ1) is 19.2. The summed E-state index contributed by atoms with van der Waals surface area (Å²) in [5, 5.41) is 4.88. The largest absolute Gasteiger partial charge is 0.325 e. The molecule has 0 fully saturated rings. The zero-order valence-corrected chi connectivity index (χ0v) is 17.0. The van der Waals surface area contributed by atoms with E-state index >= 15 is 0 Å². The van der Waals surface area contributed by atoms with Gasteiger partial charge in [-0.1, -0.05) is 30.3 Å². The van der Waals surface area contributed by atoms with Crippen LogP contribution in [0.15, 0.2) is 60.0 Å². The summed E-state index contributed by atoms with van der Waals surface area (Å²) >= 11 is 1.65. The number of rotatable bonds is 5. The predicted molar refractivity (Wildman–Crippen MR) is 114 cm³/mol. The van der Waals surface area contributed by atoms with E-state index in [-0.39, 0.29) is 23.5 Å². The van der Waals surface area contributed by atoms with Crippen molar-refractivity contribution in [3.63, 3.8) is 0 Å². The maximum atomic E-state index is 12.8. The number of nitrogens with zero attached hydrogens (tertiary/aromatic N) is 1. The van der Waals surface area contributed by atoms with Gasteiger partial charge in [0.05, 0.1) is 6.04 Å². The molecule has 29 heavy (non-hydrogen) atoms. The van der Waals surface area contributed by atoms with Crippen molar-refractivity contribution in [3.8, 4) is 0 Å². The van der Waals surface area contributed by atoms with Gasteiger partial charge in [-0.15, -0.1) is 11.3 Å². The monoisotopic (exact) mass is 404 g/mol. The zero-order valence-electron chi connectivity index (χ0n) is 16.1. The second-order valence-corrected chi connectivity index (χ2v) is 8.16. The summed E-state index contributed by atoms with van der Waals surface area (Å²) in [5.74, 6) is -0.537. The Morgan fingerprint density at radius 1 is 0.966 bits per heavy atom. The molecule has 0 radical (unpaired) electrons. The van der Waals surface area contributed by atoms with Gasteiger partial charge in [0.15, 0.2) is 11.6 Å². The zero-order chi connectivity index (χ0) is 20.5. The third kappa shape index (κ3) is 3.64. The second kappa shape index (κ2) is 7.73. The highest BCUT2D eigenvalue weighted by atomic mass is 32.1. The second-order valence-electron chi connectivity index (χ2n) is 7.12. The van der Waals surface area contributed by atoms with Gasteiger partial charge in [-0.05, 0) is 43.6 Å². The van der Waals surface area contributed by atoms with Crippen LogP contribution in [0.1, 0.15) is 43.6 Å². The molecule has 2 aromatic carbocycles. The molecule has 4 rings (SSSR count). The number of carbonyl (C=O) groups is 3. The van der Waals surface area contributed by atoms with Crippen LogP contribution in [-0.4, -0.2) is 35.5 Å². The van der Waals surface area contributed by atoms with Crippen molar-refractivity contribution in [2.75, 3.05) is 12.4 Å². The molecule has 0 spiro atoms. The van der Waals surface area contributed by atoms with Gasteiger partial charge >= 0.3 is 0 Å². The maximum absolute atomic E-state index is 12.8. The van der Waals surface area contributed by atoms with Crippen LogP contribution in [0, 0.1) is 0 Å². The number of likely N-dealkylation sites (N-methyl/N-ethyl adjacent to an activating group) is 1. The SMILES string of the molecule is C[C@H](C(=O)Nc1ccc2c(c1)C(=O)c1ccccc1C2=O)N(C)Cc1cccs1. The van der Waals surface area contributed by atoms with Crippen LogP contribution in [0.5, 0.6) is 0 Å². The molecule has 6 heteroatoms. The molecule has 1 amide bonds. The number of benzene rings is 2. The Kier molecular flexibility index (Phi) is 5.13. The molecule has 0 saturated heterocycles. The quantitative estimate of drug-likeness (QED) is 0.546. The van der Waals surface area contributed by atoms with Crippen LogP contribution in [0.2, 0.25) is 0 Å². The summed E-state index contributed by atoms with van der Waals surface area (Å²) in [6.07, 6.45) is 0. The van der Waals surface area contributed by atoms with Gasteiger partial charge in [-0.2, -0.15) is 0 Å². The van der Waals surface area contributed by atoms with Crippen LogP contribution in [0.25, 0.3) is 0 Å². The van der Waals surface area contributed by atoms with Gasteiger partial charge in [0, 0.05) is 39.4 Å². The molecule has 1 heterocycles. The van der Waals surface area contributed by atoms with E-state index in [0.29, 0.717) is 34.5 Å². The molecular formula is C23H20N2O3S. The molecule has 146 valence electrons. The van der Waals surface area contributed by atoms with Crippen LogP contribution >= 0.6 is 11.3 Å². The van der Waals surface area contributed by atoms with E-state index in [2.05, 4.69) is 5.32 Å². The molecule has 5 nitrogen and oxygen atoms in total. The third-order valence-corrected chi connectivity index (χ3v) is 6.08. The summed E-state index contributed by atoms with van der Waals surface area (Å²) < 4.78 is 0. The van der Waals surface area contributed by atoms with Crippen molar-refractivity contribution in [1.82, 2.24) is 4.90 Å². The summed E-state index contributed by atoms with van der Waals surface area (Å²) in [6, 6.07) is 15.4. The highest BCUT2D eigenvalue weighted by molar-refractivity contribution is 7.09. The summed E-state index contributed by atoms with van der Waals surface area (Å²) in [7, 11) is 1.90. The summed E-state index contributed by atoms with van der Waals surface area (Å²) in [5.41, 5.74) is 2.02. The molecule has 0 aliphatic heterocycles. The lowest BCUT2D eigenvalue weighted by molar-refractivity contribution is -0.120. The molecule has 1 aromatic heterocycles. The number of fused-ring (bicyclic) bond motifs is 2. The van der Waals surface area contributed by atoms with Crippen molar-refractivity contribution in [3.05, 3.63) is 87.1 Å². The number of amides is 1. The highest BCUT2D eigenvalue weighted by Crippen LogP contribution is 2.29. The fourth-order valence-corrected chi connectivity index (χ4v) is 4.18. The van der Waals surface area contributed by atoms with Crippen LogP contribution < -0.4 is 5.32 Å². The van der Waals surface area contributed by atoms with Gasteiger partial charge in [0.1, 0.15) is 0 Å². The molecule has 1 atom stereocenters. The molecular weight excluding hydrogens is 384 g/mol.